The second-order valence-corrected chi connectivity index (χ2v) is 26.9. The van der Waals surface area contributed by atoms with Gasteiger partial charge in [-0.1, -0.05) is 117 Å². The predicted octanol–water partition coefficient (Wildman–Crippen LogP) is 22.5. The van der Waals surface area contributed by atoms with Crippen molar-refractivity contribution in [2.75, 3.05) is 0 Å². The molecule has 0 unspecified atom stereocenters. The summed E-state index contributed by atoms with van der Waals surface area (Å²) in [5.41, 5.74) is 0. The fourth-order valence-corrected chi connectivity index (χ4v) is 17.5. The molecule has 0 saturated carbocycles. The predicted molar refractivity (Wildman–Crippen MR) is 269 cm³/mol. The van der Waals surface area contributed by atoms with Gasteiger partial charge >= 0.3 is 266 Å². The van der Waals surface area contributed by atoms with Crippen LogP contribution in [0.2, 0.25) is 14.2 Å². The van der Waals surface area contributed by atoms with E-state index in [4.69, 9.17) is 3.32 Å². The molecule has 0 atom stereocenters. The molecule has 0 aliphatic carbocycles. The van der Waals surface area contributed by atoms with Crippen molar-refractivity contribution in [3.63, 3.8) is 0 Å². The van der Waals surface area contributed by atoms with Gasteiger partial charge in [-0.25, -0.2) is 0 Å². The summed E-state index contributed by atoms with van der Waals surface area (Å²) in [6.07, 6.45) is 70.8. The second kappa shape index (κ2) is 51.3. The molecule has 1 nitrogen and oxygen atoms in total. The Bertz CT molecular complexity index is 646. The third-order valence-corrected chi connectivity index (χ3v) is 21.4. The van der Waals surface area contributed by atoms with E-state index < -0.39 is 17.0 Å². The summed E-state index contributed by atoms with van der Waals surface area (Å²) in [6.45, 7) is 11.7. The van der Waals surface area contributed by atoms with Crippen LogP contribution in [0.1, 0.15) is 343 Å². The Labute approximate surface area is 381 Å². The van der Waals surface area contributed by atoms with Crippen molar-refractivity contribution in [3.8, 4) is 0 Å². The van der Waals surface area contributed by atoms with Crippen molar-refractivity contribution in [2.24, 2.45) is 0 Å². The Morgan fingerprint density at radius 2 is 0.356 bits per heavy atom. The van der Waals surface area contributed by atoms with E-state index >= 15 is 0 Å². The van der Waals surface area contributed by atoms with Crippen molar-refractivity contribution >= 4 is 0 Å². The summed E-state index contributed by atoms with van der Waals surface area (Å²) >= 11 is -2.32. The van der Waals surface area contributed by atoms with Gasteiger partial charge in [0.25, 0.3) is 0 Å². The van der Waals surface area contributed by atoms with Crippen LogP contribution in [-0.4, -0.2) is 6.10 Å². The average Bonchev–Trinajstić information content (AvgIpc) is 3.23. The maximum absolute atomic E-state index is 7.20. The minimum absolute atomic E-state index is 0.429. The zero-order chi connectivity index (χ0) is 42.8. The number of hydrogen-bond acceptors (Lipinski definition) is 1. The van der Waals surface area contributed by atoms with Gasteiger partial charge in [0.2, 0.25) is 0 Å². The van der Waals surface area contributed by atoms with Crippen LogP contribution in [0.4, 0.5) is 0 Å². The molecule has 0 saturated heterocycles. The molecule has 0 radical (unpaired) electrons. The zero-order valence-corrected chi connectivity index (χ0v) is 44.1. The van der Waals surface area contributed by atoms with Gasteiger partial charge in [0.1, 0.15) is 0 Å². The van der Waals surface area contributed by atoms with Crippen LogP contribution in [0.25, 0.3) is 0 Å². The molecular formula is C57H118OTi. The van der Waals surface area contributed by atoms with E-state index in [1.165, 1.54) is 322 Å². The second-order valence-electron chi connectivity index (χ2n) is 20.5. The molecule has 0 bridgehead atoms. The molecule has 0 rings (SSSR count). The molecule has 0 aromatic heterocycles. The van der Waals surface area contributed by atoms with E-state index in [0.717, 1.165) is 0 Å². The van der Waals surface area contributed by atoms with Gasteiger partial charge in [-0.2, -0.15) is 0 Å². The van der Waals surface area contributed by atoms with Crippen LogP contribution in [0.5, 0.6) is 0 Å². The molecule has 0 N–H and O–H groups in total. The monoisotopic (exact) mass is 867 g/mol. The summed E-state index contributed by atoms with van der Waals surface area (Å²) in [6, 6.07) is 0. The third-order valence-electron chi connectivity index (χ3n) is 13.9. The molecule has 0 aromatic rings. The molecule has 0 aliphatic heterocycles. The van der Waals surface area contributed by atoms with E-state index in [2.05, 4.69) is 34.6 Å². The first-order chi connectivity index (χ1) is 29.1. The topological polar surface area (TPSA) is 9.23 Å². The van der Waals surface area contributed by atoms with Crippen molar-refractivity contribution < 1.29 is 20.3 Å². The third kappa shape index (κ3) is 48.0. The first-order valence-corrected chi connectivity index (χ1v) is 32.7. The summed E-state index contributed by atoms with van der Waals surface area (Å²) in [5, 5.41) is 0. The quantitative estimate of drug-likeness (QED) is 0.0437. The van der Waals surface area contributed by atoms with Crippen molar-refractivity contribution in [1.29, 1.82) is 0 Å². The molecule has 0 heterocycles. The van der Waals surface area contributed by atoms with Crippen LogP contribution < -0.4 is 0 Å². The van der Waals surface area contributed by atoms with E-state index in [1.54, 1.807) is 0 Å². The fourth-order valence-electron chi connectivity index (χ4n) is 10.0. The van der Waals surface area contributed by atoms with Crippen molar-refractivity contribution in [3.05, 3.63) is 0 Å². The molecule has 0 spiro atoms. The van der Waals surface area contributed by atoms with Crippen LogP contribution >= 0.6 is 0 Å². The van der Waals surface area contributed by atoms with Crippen LogP contribution in [0.15, 0.2) is 0 Å². The van der Waals surface area contributed by atoms with E-state index in [0.29, 0.717) is 6.10 Å². The fraction of sp³-hybridized carbons (Fsp3) is 1.00. The summed E-state index contributed by atoms with van der Waals surface area (Å²) < 4.78 is 11.7. The van der Waals surface area contributed by atoms with Gasteiger partial charge in [0.05, 0.1) is 0 Å². The molecular weight excluding hydrogens is 748 g/mol. The summed E-state index contributed by atoms with van der Waals surface area (Å²) in [7, 11) is 0. The Hall–Kier alpha value is 0.674. The molecule has 356 valence electrons. The summed E-state index contributed by atoms with van der Waals surface area (Å²) in [5.74, 6) is 0. The maximum atomic E-state index is 7.20. The summed E-state index contributed by atoms with van der Waals surface area (Å²) in [4.78, 5) is 0. The van der Waals surface area contributed by atoms with Gasteiger partial charge in [-0.05, 0) is 0 Å². The molecule has 2 heteroatoms. The molecule has 0 fully saturated rings. The van der Waals surface area contributed by atoms with E-state index in [-0.39, 0.29) is 0 Å². The number of unbranched alkanes of at least 4 members (excludes halogenated alkanes) is 45. The standard InChI is InChI=1S/3C18H37.C3H7O.Ti/c3*1-3-5-7-9-11-13-15-17-18-16-14-12-10-8-6-4-2;1-3(2)4;/h3*1,3-18H2,2H3;3H,1-2H3;/q;;;-1;+1. The number of hydrogen-bond donors (Lipinski definition) is 0. The van der Waals surface area contributed by atoms with Gasteiger partial charge < -0.3 is 0 Å². The van der Waals surface area contributed by atoms with Crippen LogP contribution in [0.3, 0.4) is 0 Å². The first kappa shape index (κ1) is 59.7. The Kier molecular flexibility index (Phi) is 51.9. The minimum atomic E-state index is -2.32. The molecule has 0 aliphatic rings. The molecule has 0 amide bonds. The van der Waals surface area contributed by atoms with Crippen molar-refractivity contribution in [1.82, 2.24) is 0 Å². The van der Waals surface area contributed by atoms with Crippen LogP contribution in [-0.2, 0) is 20.3 Å². The Balaban J connectivity index is 4.41. The van der Waals surface area contributed by atoms with Crippen LogP contribution in [0, 0.1) is 0 Å². The molecule has 59 heavy (non-hydrogen) atoms. The normalized spacial score (nSPS) is 12.1. The van der Waals surface area contributed by atoms with Gasteiger partial charge in [0.15, 0.2) is 0 Å². The SMILES string of the molecule is CCCCCCCCCCCCCCCCC[CH2][Ti]([CH2]CCCCCCCCCCCCCCCCC)([CH2]CCCCCCCCCCCCCCCCC)[O]C(C)C. The zero-order valence-electron chi connectivity index (χ0n) is 42.5. The molecule has 0 aromatic carbocycles. The number of rotatable bonds is 53. The van der Waals surface area contributed by atoms with Gasteiger partial charge in [-0.3, -0.25) is 0 Å². The first-order valence-electron chi connectivity index (χ1n) is 28.8. The Morgan fingerprint density at radius 1 is 0.220 bits per heavy atom. The Morgan fingerprint density at radius 3 is 0.492 bits per heavy atom. The van der Waals surface area contributed by atoms with E-state index in [9.17, 15) is 0 Å². The van der Waals surface area contributed by atoms with Gasteiger partial charge in [-0.15, -0.1) is 0 Å². The average molecular weight is 867 g/mol. The van der Waals surface area contributed by atoms with Crippen molar-refractivity contribution in [2.45, 2.75) is 363 Å². The van der Waals surface area contributed by atoms with E-state index in [1.807, 2.05) is 0 Å². The van der Waals surface area contributed by atoms with Gasteiger partial charge in [0, 0.05) is 0 Å².